The molecule has 0 radical (unpaired) electrons. The van der Waals surface area contributed by atoms with E-state index in [2.05, 4.69) is 20.2 Å². The van der Waals surface area contributed by atoms with Crippen molar-refractivity contribution in [1.82, 2.24) is 20.2 Å². The van der Waals surface area contributed by atoms with Gasteiger partial charge in [-0.1, -0.05) is 11.6 Å². The lowest BCUT2D eigenvalue weighted by atomic mass is 10.1. The van der Waals surface area contributed by atoms with Gasteiger partial charge >= 0.3 is 5.69 Å². The molecule has 2 aromatic rings. The molecule has 2 heterocycles. The van der Waals surface area contributed by atoms with Crippen LogP contribution in [0.4, 0.5) is 0 Å². The van der Waals surface area contributed by atoms with Gasteiger partial charge in [0.25, 0.3) is 5.56 Å². The van der Waals surface area contributed by atoms with Gasteiger partial charge in [-0.2, -0.15) is 0 Å². The Labute approximate surface area is 124 Å². The van der Waals surface area contributed by atoms with E-state index in [9.17, 15) is 9.59 Å². The molecular formula is C13H13ClN4O3. The minimum atomic E-state index is -0.562. The fourth-order valence-electron chi connectivity index (χ4n) is 2.41. The van der Waals surface area contributed by atoms with Crippen LogP contribution in [0, 0.1) is 5.92 Å². The summed E-state index contributed by atoms with van der Waals surface area (Å²) >= 11 is 6.09. The number of nitrogens with zero attached hydrogens (tertiary/aromatic N) is 2. The van der Waals surface area contributed by atoms with E-state index in [1.165, 1.54) is 6.20 Å². The van der Waals surface area contributed by atoms with Crippen molar-refractivity contribution in [1.29, 1.82) is 0 Å². The number of H-pyrrole nitrogens is 2. The highest BCUT2D eigenvalue weighted by Crippen LogP contribution is 2.49. The first-order valence-electron chi connectivity index (χ1n) is 6.44. The summed E-state index contributed by atoms with van der Waals surface area (Å²) < 4.78 is 5.13. The number of halogens is 1. The molecule has 0 aliphatic heterocycles. The SMILES string of the molecule is COC[C@H]1C[C@@H]1c1cc(-c2c[nH]c(=O)[nH]c2=O)nnc1Cl. The maximum Gasteiger partial charge on any atom is 0.325 e. The van der Waals surface area contributed by atoms with Crippen molar-refractivity contribution >= 4 is 11.6 Å². The second-order valence-electron chi connectivity index (χ2n) is 5.02. The van der Waals surface area contributed by atoms with E-state index in [1.54, 1.807) is 13.2 Å². The highest BCUT2D eigenvalue weighted by Gasteiger charge is 2.40. The van der Waals surface area contributed by atoms with Crippen molar-refractivity contribution in [3.8, 4) is 11.3 Å². The molecule has 0 bridgehead atoms. The Hall–Kier alpha value is -1.99. The van der Waals surface area contributed by atoms with Crippen molar-refractivity contribution in [2.45, 2.75) is 12.3 Å². The van der Waals surface area contributed by atoms with Crippen molar-refractivity contribution in [3.63, 3.8) is 0 Å². The van der Waals surface area contributed by atoms with Gasteiger partial charge in [0.2, 0.25) is 0 Å². The molecule has 2 N–H and O–H groups in total. The quantitative estimate of drug-likeness (QED) is 0.875. The first kappa shape index (κ1) is 14.0. The summed E-state index contributed by atoms with van der Waals surface area (Å²) in [4.78, 5) is 27.4. The van der Waals surface area contributed by atoms with Crippen molar-refractivity contribution in [2.75, 3.05) is 13.7 Å². The van der Waals surface area contributed by atoms with Gasteiger partial charge in [-0.15, -0.1) is 10.2 Å². The third-order valence-corrected chi connectivity index (χ3v) is 3.87. The normalized spacial score (nSPS) is 20.5. The van der Waals surface area contributed by atoms with E-state index in [4.69, 9.17) is 16.3 Å². The predicted molar refractivity (Wildman–Crippen MR) is 76.4 cm³/mol. The molecule has 3 rings (SSSR count). The average molecular weight is 309 g/mol. The summed E-state index contributed by atoms with van der Waals surface area (Å²) in [5.41, 5.74) is 0.423. The molecule has 0 aromatic carbocycles. The molecule has 0 spiro atoms. The van der Waals surface area contributed by atoms with Gasteiger partial charge in [-0.05, 0) is 29.9 Å². The van der Waals surface area contributed by atoms with Gasteiger partial charge in [0, 0.05) is 19.9 Å². The first-order valence-corrected chi connectivity index (χ1v) is 6.82. The number of aromatic nitrogens is 4. The van der Waals surface area contributed by atoms with Crippen LogP contribution in [0.1, 0.15) is 17.9 Å². The topological polar surface area (TPSA) is 101 Å². The Balaban J connectivity index is 1.98. The molecule has 8 heteroatoms. The minimum absolute atomic E-state index is 0.254. The Kier molecular flexibility index (Phi) is 3.60. The Morgan fingerprint density at radius 3 is 2.95 bits per heavy atom. The molecule has 1 aliphatic rings. The standard InChI is InChI=1S/C13H13ClN4O3/c1-21-5-6-2-7(6)8-3-10(17-18-11(8)14)9-4-15-13(20)16-12(9)19/h3-4,6-7H,2,5H2,1H3,(H2,15,16,19,20)/t6-,7+/m1/s1. The van der Waals surface area contributed by atoms with Gasteiger partial charge in [0.1, 0.15) is 5.69 Å². The van der Waals surface area contributed by atoms with E-state index >= 15 is 0 Å². The van der Waals surface area contributed by atoms with Crippen molar-refractivity contribution in [3.05, 3.63) is 43.8 Å². The second kappa shape index (κ2) is 5.42. The molecule has 0 unspecified atom stereocenters. The summed E-state index contributed by atoms with van der Waals surface area (Å²) in [6, 6.07) is 1.75. The molecule has 1 saturated carbocycles. The summed E-state index contributed by atoms with van der Waals surface area (Å²) in [5.74, 6) is 0.687. The minimum Gasteiger partial charge on any atom is -0.384 e. The summed E-state index contributed by atoms with van der Waals surface area (Å²) in [6.07, 6.45) is 2.29. The van der Waals surface area contributed by atoms with Crippen LogP contribution in [-0.4, -0.2) is 33.9 Å². The van der Waals surface area contributed by atoms with E-state index in [-0.39, 0.29) is 11.5 Å². The van der Waals surface area contributed by atoms with Gasteiger partial charge < -0.3 is 9.72 Å². The zero-order valence-corrected chi connectivity index (χ0v) is 12.0. The van der Waals surface area contributed by atoms with Crippen LogP contribution >= 0.6 is 11.6 Å². The van der Waals surface area contributed by atoms with Crippen LogP contribution in [0.3, 0.4) is 0 Å². The molecule has 110 valence electrons. The van der Waals surface area contributed by atoms with Gasteiger partial charge in [0.15, 0.2) is 5.15 Å². The fourth-order valence-corrected chi connectivity index (χ4v) is 2.64. The Bertz CT molecular complexity index is 785. The monoisotopic (exact) mass is 308 g/mol. The lowest BCUT2D eigenvalue weighted by molar-refractivity contribution is 0.184. The Morgan fingerprint density at radius 1 is 1.43 bits per heavy atom. The molecular weight excluding hydrogens is 296 g/mol. The number of hydrogen-bond donors (Lipinski definition) is 2. The second-order valence-corrected chi connectivity index (χ2v) is 5.38. The van der Waals surface area contributed by atoms with Gasteiger partial charge in [-0.3, -0.25) is 9.78 Å². The van der Waals surface area contributed by atoms with E-state index in [0.29, 0.717) is 23.4 Å². The third-order valence-electron chi connectivity index (χ3n) is 3.57. The number of ether oxygens (including phenoxy) is 1. The summed E-state index contributed by atoms with van der Waals surface area (Å²) in [6.45, 7) is 0.665. The van der Waals surface area contributed by atoms with Gasteiger partial charge in [0.05, 0.1) is 5.56 Å². The molecule has 2 aromatic heterocycles. The molecule has 21 heavy (non-hydrogen) atoms. The van der Waals surface area contributed by atoms with Crippen LogP contribution in [-0.2, 0) is 4.74 Å². The van der Waals surface area contributed by atoms with Gasteiger partial charge in [-0.25, -0.2) is 4.79 Å². The molecule has 0 amide bonds. The van der Waals surface area contributed by atoms with E-state index in [1.807, 2.05) is 0 Å². The smallest absolute Gasteiger partial charge is 0.325 e. The average Bonchev–Trinajstić information content (AvgIpc) is 3.19. The van der Waals surface area contributed by atoms with E-state index < -0.39 is 11.2 Å². The van der Waals surface area contributed by atoms with Crippen LogP contribution < -0.4 is 11.2 Å². The number of methoxy groups -OCH3 is 1. The zero-order valence-electron chi connectivity index (χ0n) is 11.2. The highest BCUT2D eigenvalue weighted by atomic mass is 35.5. The van der Waals surface area contributed by atoms with E-state index in [0.717, 1.165) is 12.0 Å². The number of hydrogen-bond acceptors (Lipinski definition) is 5. The van der Waals surface area contributed by atoms with Crippen LogP contribution in [0.5, 0.6) is 0 Å². The summed E-state index contributed by atoms with van der Waals surface area (Å²) in [7, 11) is 1.66. The van der Waals surface area contributed by atoms with Crippen molar-refractivity contribution in [2.24, 2.45) is 5.92 Å². The summed E-state index contributed by atoms with van der Waals surface area (Å²) in [5, 5.41) is 8.17. The lowest BCUT2D eigenvalue weighted by Gasteiger charge is -2.05. The molecule has 1 fully saturated rings. The molecule has 0 saturated heterocycles. The number of aromatic amines is 2. The fraction of sp³-hybridized carbons (Fsp3) is 0.385. The number of nitrogens with one attached hydrogen (secondary N) is 2. The lowest BCUT2D eigenvalue weighted by Crippen LogP contribution is -2.23. The highest BCUT2D eigenvalue weighted by molar-refractivity contribution is 6.30. The van der Waals surface area contributed by atoms with Crippen LogP contribution in [0.15, 0.2) is 21.9 Å². The van der Waals surface area contributed by atoms with Crippen LogP contribution in [0.2, 0.25) is 5.15 Å². The third kappa shape index (κ3) is 2.74. The maximum atomic E-state index is 11.8. The number of rotatable bonds is 4. The molecule has 1 aliphatic carbocycles. The van der Waals surface area contributed by atoms with Crippen LogP contribution in [0.25, 0.3) is 11.3 Å². The molecule has 2 atom stereocenters. The molecule has 7 nitrogen and oxygen atoms in total. The first-order chi connectivity index (χ1) is 10.1. The largest absolute Gasteiger partial charge is 0.384 e. The Morgan fingerprint density at radius 2 is 2.24 bits per heavy atom. The van der Waals surface area contributed by atoms with Crippen molar-refractivity contribution < 1.29 is 4.74 Å². The maximum absolute atomic E-state index is 11.8. The zero-order chi connectivity index (χ0) is 15.0. The predicted octanol–water partition coefficient (Wildman–Crippen LogP) is 0.923.